The number of carbonyl (C=O) groups is 1. The number of aromatic hydroxyl groups is 1. The van der Waals surface area contributed by atoms with E-state index in [1.807, 2.05) is 0 Å². The molecular weight excluding hydrogens is 172 g/mol. The van der Waals surface area contributed by atoms with Gasteiger partial charge in [-0.2, -0.15) is 0 Å². The molecule has 0 amide bonds. The van der Waals surface area contributed by atoms with E-state index in [2.05, 4.69) is 0 Å². The summed E-state index contributed by atoms with van der Waals surface area (Å²) in [6.45, 7) is 0.0994. The van der Waals surface area contributed by atoms with Crippen LogP contribution in [0.15, 0.2) is 18.2 Å². The highest BCUT2D eigenvalue weighted by molar-refractivity contribution is 5.79. The average molecular weight is 180 g/mol. The lowest BCUT2D eigenvalue weighted by Gasteiger charge is -2.01. The van der Waals surface area contributed by atoms with Crippen LogP contribution in [0.5, 0.6) is 11.5 Å². The van der Waals surface area contributed by atoms with E-state index in [4.69, 9.17) is 9.84 Å². The third-order valence-corrected chi connectivity index (χ3v) is 2.09. The number of phenolic OH excluding ortho intramolecular Hbond substituents is 1. The lowest BCUT2D eigenvalue weighted by molar-refractivity contribution is -0.138. The Labute approximate surface area is 74.4 Å². The molecule has 4 nitrogen and oxygen atoms in total. The van der Waals surface area contributed by atoms with Crippen molar-refractivity contribution in [2.45, 2.75) is 5.92 Å². The van der Waals surface area contributed by atoms with Crippen LogP contribution in [-0.4, -0.2) is 22.8 Å². The first-order chi connectivity index (χ1) is 6.20. The largest absolute Gasteiger partial charge is 0.504 e. The smallest absolute Gasteiger partial charge is 0.314 e. The summed E-state index contributed by atoms with van der Waals surface area (Å²) in [6.07, 6.45) is 0. The molecule has 1 unspecified atom stereocenters. The molecule has 0 spiro atoms. The number of carboxylic acids is 1. The molecule has 1 heterocycles. The van der Waals surface area contributed by atoms with E-state index >= 15 is 0 Å². The topological polar surface area (TPSA) is 66.8 Å². The molecule has 0 radical (unpaired) electrons. The second-order valence-corrected chi connectivity index (χ2v) is 2.90. The van der Waals surface area contributed by atoms with Crippen LogP contribution in [0.25, 0.3) is 0 Å². The van der Waals surface area contributed by atoms with Crippen LogP contribution < -0.4 is 4.74 Å². The predicted molar refractivity (Wildman–Crippen MR) is 44.0 cm³/mol. The Bertz CT molecular complexity index is 359. The highest BCUT2D eigenvalue weighted by Crippen LogP contribution is 2.40. The monoisotopic (exact) mass is 180 g/mol. The number of ether oxygens (including phenoxy) is 1. The van der Waals surface area contributed by atoms with Crippen LogP contribution in [0.4, 0.5) is 0 Å². The maximum absolute atomic E-state index is 10.7. The van der Waals surface area contributed by atoms with Crippen molar-refractivity contribution in [2.75, 3.05) is 6.61 Å². The fourth-order valence-corrected chi connectivity index (χ4v) is 1.43. The van der Waals surface area contributed by atoms with E-state index in [0.717, 1.165) is 0 Å². The van der Waals surface area contributed by atoms with Crippen molar-refractivity contribution < 1.29 is 19.7 Å². The molecule has 1 aromatic carbocycles. The van der Waals surface area contributed by atoms with Crippen LogP contribution in [0, 0.1) is 0 Å². The van der Waals surface area contributed by atoms with E-state index < -0.39 is 11.9 Å². The van der Waals surface area contributed by atoms with Crippen molar-refractivity contribution in [2.24, 2.45) is 0 Å². The SMILES string of the molecule is O=C(O)C1COc2c(O)cccc21. The molecular formula is C9H8O4. The second kappa shape index (κ2) is 2.65. The van der Waals surface area contributed by atoms with E-state index in [1.54, 1.807) is 12.1 Å². The number of rotatable bonds is 1. The molecule has 13 heavy (non-hydrogen) atoms. The minimum absolute atomic E-state index is 0.00116. The molecule has 0 aromatic heterocycles. The highest BCUT2D eigenvalue weighted by Gasteiger charge is 2.31. The minimum Gasteiger partial charge on any atom is -0.504 e. The number of hydrogen-bond acceptors (Lipinski definition) is 3. The summed E-state index contributed by atoms with van der Waals surface area (Å²) in [5.74, 6) is -1.28. The first-order valence-electron chi connectivity index (χ1n) is 3.87. The van der Waals surface area contributed by atoms with Crippen LogP contribution in [0.2, 0.25) is 0 Å². The van der Waals surface area contributed by atoms with Gasteiger partial charge in [-0.05, 0) is 6.07 Å². The first-order valence-corrected chi connectivity index (χ1v) is 3.87. The number of carboxylic acid groups (broad SMARTS) is 1. The Morgan fingerprint density at radius 1 is 1.54 bits per heavy atom. The third kappa shape index (κ3) is 1.11. The first kappa shape index (κ1) is 7.91. The van der Waals surface area contributed by atoms with Gasteiger partial charge in [-0.15, -0.1) is 0 Å². The van der Waals surface area contributed by atoms with Gasteiger partial charge in [-0.25, -0.2) is 0 Å². The van der Waals surface area contributed by atoms with E-state index in [-0.39, 0.29) is 12.4 Å². The van der Waals surface area contributed by atoms with Gasteiger partial charge in [0.05, 0.1) is 0 Å². The van der Waals surface area contributed by atoms with Gasteiger partial charge < -0.3 is 14.9 Å². The van der Waals surface area contributed by atoms with Crippen LogP contribution >= 0.6 is 0 Å². The van der Waals surface area contributed by atoms with Crippen molar-refractivity contribution in [1.82, 2.24) is 0 Å². The number of para-hydroxylation sites is 1. The molecule has 68 valence electrons. The summed E-state index contributed by atoms with van der Waals surface area (Å²) in [7, 11) is 0. The van der Waals surface area contributed by atoms with Crippen LogP contribution in [0.1, 0.15) is 11.5 Å². The minimum atomic E-state index is -0.927. The molecule has 0 aliphatic carbocycles. The summed E-state index contributed by atoms with van der Waals surface area (Å²) >= 11 is 0. The maximum Gasteiger partial charge on any atom is 0.314 e. The fourth-order valence-electron chi connectivity index (χ4n) is 1.43. The number of hydrogen-bond donors (Lipinski definition) is 2. The standard InChI is InChI=1S/C9H8O4/c10-7-3-1-2-5-6(9(11)12)4-13-8(5)7/h1-3,6,10H,4H2,(H,11,12). The van der Waals surface area contributed by atoms with Crippen LogP contribution in [-0.2, 0) is 4.79 Å². The Hall–Kier alpha value is -1.71. The molecule has 1 aliphatic heterocycles. The van der Waals surface area contributed by atoms with E-state index in [1.165, 1.54) is 6.07 Å². The zero-order valence-corrected chi connectivity index (χ0v) is 6.73. The summed E-state index contributed by atoms with van der Waals surface area (Å²) in [5, 5.41) is 18.1. The summed E-state index contributed by atoms with van der Waals surface area (Å²) < 4.78 is 5.07. The quantitative estimate of drug-likeness (QED) is 0.675. The lowest BCUT2D eigenvalue weighted by atomic mass is 10.0. The van der Waals surface area contributed by atoms with Crippen molar-refractivity contribution in [3.8, 4) is 11.5 Å². The summed E-state index contributed by atoms with van der Waals surface area (Å²) in [6, 6.07) is 4.74. The molecule has 0 saturated carbocycles. The van der Waals surface area contributed by atoms with Crippen LogP contribution in [0.3, 0.4) is 0 Å². The molecule has 0 bridgehead atoms. The second-order valence-electron chi connectivity index (χ2n) is 2.90. The Balaban J connectivity index is 2.49. The number of benzene rings is 1. The van der Waals surface area contributed by atoms with Gasteiger partial charge in [0, 0.05) is 5.56 Å². The predicted octanol–water partition coefficient (Wildman–Crippen LogP) is 0.953. The van der Waals surface area contributed by atoms with E-state index in [9.17, 15) is 9.90 Å². The fraction of sp³-hybridized carbons (Fsp3) is 0.222. The number of aliphatic carboxylic acids is 1. The molecule has 4 heteroatoms. The summed E-state index contributed by atoms with van der Waals surface area (Å²) in [4.78, 5) is 10.7. The van der Waals surface area contributed by atoms with Gasteiger partial charge in [0.15, 0.2) is 11.5 Å². The van der Waals surface area contributed by atoms with Crippen molar-refractivity contribution in [3.05, 3.63) is 23.8 Å². The third-order valence-electron chi connectivity index (χ3n) is 2.09. The molecule has 2 rings (SSSR count). The number of fused-ring (bicyclic) bond motifs is 1. The van der Waals surface area contributed by atoms with Gasteiger partial charge in [0.25, 0.3) is 0 Å². The average Bonchev–Trinajstić information content (AvgIpc) is 2.48. The maximum atomic E-state index is 10.7. The van der Waals surface area contributed by atoms with Gasteiger partial charge >= 0.3 is 5.97 Å². The normalized spacial score (nSPS) is 19.2. The van der Waals surface area contributed by atoms with Gasteiger partial charge in [-0.1, -0.05) is 12.1 Å². The Morgan fingerprint density at radius 3 is 3.00 bits per heavy atom. The Morgan fingerprint density at radius 2 is 2.31 bits per heavy atom. The van der Waals surface area contributed by atoms with Gasteiger partial charge in [0.2, 0.25) is 0 Å². The van der Waals surface area contributed by atoms with Crippen molar-refractivity contribution in [1.29, 1.82) is 0 Å². The molecule has 0 fully saturated rings. The van der Waals surface area contributed by atoms with Crippen molar-refractivity contribution in [3.63, 3.8) is 0 Å². The number of phenols is 1. The molecule has 1 aliphatic rings. The lowest BCUT2D eigenvalue weighted by Crippen LogP contribution is -2.12. The van der Waals surface area contributed by atoms with Gasteiger partial charge in [-0.3, -0.25) is 4.79 Å². The van der Waals surface area contributed by atoms with Gasteiger partial charge in [0.1, 0.15) is 12.5 Å². The van der Waals surface area contributed by atoms with E-state index in [0.29, 0.717) is 11.3 Å². The highest BCUT2D eigenvalue weighted by atomic mass is 16.5. The zero-order chi connectivity index (χ0) is 9.42. The zero-order valence-electron chi connectivity index (χ0n) is 6.73. The van der Waals surface area contributed by atoms with Crippen molar-refractivity contribution >= 4 is 5.97 Å². The summed E-state index contributed by atoms with van der Waals surface area (Å²) in [5.41, 5.74) is 0.549. The molecule has 1 aromatic rings. The molecule has 1 atom stereocenters. The molecule has 2 N–H and O–H groups in total. The Kier molecular flexibility index (Phi) is 1.62. The molecule has 0 saturated heterocycles.